The Hall–Kier alpha value is -2.14. The van der Waals surface area contributed by atoms with Gasteiger partial charge in [-0.05, 0) is 37.8 Å². The molecule has 1 amide bonds. The van der Waals surface area contributed by atoms with Crippen molar-refractivity contribution in [3.05, 3.63) is 53.3 Å². The zero-order valence-corrected chi connectivity index (χ0v) is 14.9. The van der Waals surface area contributed by atoms with Gasteiger partial charge in [-0.25, -0.2) is 0 Å². The summed E-state index contributed by atoms with van der Waals surface area (Å²) in [5.74, 6) is 0.679. The number of carbonyl (C=O) groups is 1. The number of benzene rings is 1. The van der Waals surface area contributed by atoms with Gasteiger partial charge in [0.2, 0.25) is 5.91 Å². The molecule has 1 N–H and O–H groups in total. The lowest BCUT2D eigenvalue weighted by Crippen LogP contribution is -2.38. The zero-order chi connectivity index (χ0) is 17.6. The highest BCUT2D eigenvalue weighted by Gasteiger charge is 2.25. The highest BCUT2D eigenvalue weighted by Crippen LogP contribution is 2.28. The molecular formula is C20H27N3O2. The fourth-order valence-electron chi connectivity index (χ4n) is 3.67. The molecule has 1 aromatic carbocycles. The summed E-state index contributed by atoms with van der Waals surface area (Å²) < 4.78 is 1.89. The van der Waals surface area contributed by atoms with Gasteiger partial charge in [0.15, 0.2) is 0 Å². The highest BCUT2D eigenvalue weighted by atomic mass is 16.3. The monoisotopic (exact) mass is 341 g/mol. The quantitative estimate of drug-likeness (QED) is 0.878. The van der Waals surface area contributed by atoms with Crippen molar-refractivity contribution in [3.63, 3.8) is 0 Å². The van der Waals surface area contributed by atoms with Crippen LogP contribution in [-0.4, -0.2) is 45.4 Å². The van der Waals surface area contributed by atoms with Crippen LogP contribution in [0, 0.1) is 6.92 Å². The molecular weight excluding hydrogens is 314 g/mol. The number of hydrogen-bond donors (Lipinski definition) is 1. The molecule has 1 fully saturated rings. The second-order valence-corrected chi connectivity index (χ2v) is 6.85. The maximum Gasteiger partial charge on any atom is 0.222 e. The van der Waals surface area contributed by atoms with Crippen LogP contribution >= 0.6 is 0 Å². The van der Waals surface area contributed by atoms with E-state index < -0.39 is 0 Å². The minimum atomic E-state index is 0.102. The summed E-state index contributed by atoms with van der Waals surface area (Å²) in [7, 11) is 0. The van der Waals surface area contributed by atoms with E-state index in [-0.39, 0.29) is 12.5 Å². The van der Waals surface area contributed by atoms with Crippen LogP contribution in [0.3, 0.4) is 0 Å². The average Bonchev–Trinajstić information content (AvgIpc) is 3.08. The molecule has 5 heteroatoms. The van der Waals surface area contributed by atoms with Gasteiger partial charge in [-0.3, -0.25) is 9.48 Å². The smallest absolute Gasteiger partial charge is 0.222 e. The number of nitrogens with zero attached hydrogens (tertiary/aromatic N) is 3. The molecule has 2 heterocycles. The Kier molecular flexibility index (Phi) is 5.87. The van der Waals surface area contributed by atoms with Gasteiger partial charge in [0.25, 0.3) is 0 Å². The lowest BCUT2D eigenvalue weighted by atomic mass is 9.93. The van der Waals surface area contributed by atoms with Crippen molar-refractivity contribution >= 4 is 5.91 Å². The fourth-order valence-corrected chi connectivity index (χ4v) is 3.67. The maximum atomic E-state index is 12.5. The molecule has 0 spiro atoms. The number of aromatic nitrogens is 2. The third kappa shape index (κ3) is 4.48. The van der Waals surface area contributed by atoms with E-state index in [1.54, 1.807) is 6.20 Å². The Morgan fingerprint density at radius 3 is 2.80 bits per heavy atom. The first-order valence-corrected chi connectivity index (χ1v) is 9.13. The molecule has 134 valence electrons. The summed E-state index contributed by atoms with van der Waals surface area (Å²) >= 11 is 0. The van der Waals surface area contributed by atoms with Crippen molar-refractivity contribution in [1.29, 1.82) is 0 Å². The lowest BCUT2D eigenvalue weighted by molar-refractivity contribution is -0.132. The Labute approximate surface area is 149 Å². The van der Waals surface area contributed by atoms with Crippen LogP contribution in [0.4, 0.5) is 0 Å². The standard InChI is InChI=1S/C20H27N3O2/c1-16-3-2-4-17(15-16)5-6-20(25)22-11-8-18(9-12-22)19-7-10-21-23(19)13-14-24/h2-4,7,10,15,18,24H,5-6,8-9,11-14H2,1H3. The average molecular weight is 341 g/mol. The van der Waals surface area contributed by atoms with E-state index in [4.69, 9.17) is 5.11 Å². The minimum Gasteiger partial charge on any atom is -0.394 e. The molecule has 1 aliphatic heterocycles. The first kappa shape index (κ1) is 17.7. The van der Waals surface area contributed by atoms with Gasteiger partial charge in [-0.2, -0.15) is 5.10 Å². The van der Waals surface area contributed by atoms with E-state index in [9.17, 15) is 4.79 Å². The van der Waals surface area contributed by atoms with Crippen LogP contribution in [-0.2, 0) is 17.8 Å². The summed E-state index contributed by atoms with van der Waals surface area (Å²) in [6.45, 7) is 4.34. The molecule has 25 heavy (non-hydrogen) atoms. The van der Waals surface area contributed by atoms with Gasteiger partial charge < -0.3 is 10.0 Å². The molecule has 2 aromatic rings. The Morgan fingerprint density at radius 2 is 2.08 bits per heavy atom. The van der Waals surface area contributed by atoms with Crippen LogP contribution in [0.25, 0.3) is 0 Å². The topological polar surface area (TPSA) is 58.4 Å². The number of likely N-dealkylation sites (tertiary alicyclic amines) is 1. The van der Waals surface area contributed by atoms with Gasteiger partial charge in [0.05, 0.1) is 13.2 Å². The van der Waals surface area contributed by atoms with Crippen molar-refractivity contribution in [3.8, 4) is 0 Å². The Bertz CT molecular complexity index is 702. The minimum absolute atomic E-state index is 0.102. The fraction of sp³-hybridized carbons (Fsp3) is 0.500. The van der Waals surface area contributed by atoms with Crippen molar-refractivity contribution in [2.45, 2.75) is 45.1 Å². The number of aliphatic hydroxyl groups excluding tert-OH is 1. The predicted molar refractivity (Wildman–Crippen MR) is 97.4 cm³/mol. The van der Waals surface area contributed by atoms with E-state index in [0.29, 0.717) is 18.9 Å². The summed E-state index contributed by atoms with van der Waals surface area (Å²) in [4.78, 5) is 14.5. The Balaban J connectivity index is 1.50. The number of aliphatic hydroxyl groups is 1. The summed E-state index contributed by atoms with van der Waals surface area (Å²) in [6.07, 6.45) is 5.12. The molecule has 1 saturated heterocycles. The predicted octanol–water partition coefficient (Wildman–Crippen LogP) is 2.52. The number of piperidine rings is 1. The molecule has 0 aliphatic carbocycles. The van der Waals surface area contributed by atoms with Crippen molar-refractivity contribution < 1.29 is 9.90 Å². The zero-order valence-electron chi connectivity index (χ0n) is 14.9. The third-order valence-electron chi connectivity index (χ3n) is 5.04. The number of rotatable bonds is 6. The largest absolute Gasteiger partial charge is 0.394 e. The Morgan fingerprint density at radius 1 is 1.28 bits per heavy atom. The first-order chi connectivity index (χ1) is 12.2. The third-order valence-corrected chi connectivity index (χ3v) is 5.04. The van der Waals surface area contributed by atoms with Crippen LogP contribution in [0.15, 0.2) is 36.5 Å². The van der Waals surface area contributed by atoms with E-state index in [1.807, 2.05) is 15.6 Å². The molecule has 0 saturated carbocycles. The SMILES string of the molecule is Cc1cccc(CCC(=O)N2CCC(c3ccnn3CCO)CC2)c1. The van der Waals surface area contributed by atoms with Crippen molar-refractivity contribution in [2.24, 2.45) is 0 Å². The molecule has 1 aliphatic rings. The number of amides is 1. The molecule has 0 radical (unpaired) electrons. The molecule has 1 aromatic heterocycles. The van der Waals surface area contributed by atoms with Crippen LogP contribution in [0.2, 0.25) is 0 Å². The van der Waals surface area contributed by atoms with E-state index >= 15 is 0 Å². The van der Waals surface area contributed by atoms with E-state index in [2.05, 4.69) is 36.3 Å². The molecule has 3 rings (SSSR count). The summed E-state index contributed by atoms with van der Waals surface area (Å²) in [5, 5.41) is 13.4. The number of carbonyl (C=O) groups excluding carboxylic acids is 1. The van der Waals surface area contributed by atoms with Crippen LogP contribution in [0.5, 0.6) is 0 Å². The van der Waals surface area contributed by atoms with Gasteiger partial charge >= 0.3 is 0 Å². The van der Waals surface area contributed by atoms with E-state index in [0.717, 1.165) is 32.4 Å². The van der Waals surface area contributed by atoms with Gasteiger partial charge in [-0.15, -0.1) is 0 Å². The first-order valence-electron chi connectivity index (χ1n) is 9.13. The molecule has 5 nitrogen and oxygen atoms in total. The van der Waals surface area contributed by atoms with Gasteiger partial charge in [0, 0.05) is 37.3 Å². The number of aryl methyl sites for hydroxylation is 2. The van der Waals surface area contributed by atoms with Gasteiger partial charge in [-0.1, -0.05) is 29.8 Å². The second kappa shape index (κ2) is 8.30. The molecule has 0 atom stereocenters. The van der Waals surface area contributed by atoms with Crippen LogP contribution < -0.4 is 0 Å². The maximum absolute atomic E-state index is 12.5. The normalized spacial score (nSPS) is 15.5. The summed E-state index contributed by atoms with van der Waals surface area (Å²) in [5.41, 5.74) is 3.65. The highest BCUT2D eigenvalue weighted by molar-refractivity contribution is 5.76. The summed E-state index contributed by atoms with van der Waals surface area (Å²) in [6, 6.07) is 10.4. The second-order valence-electron chi connectivity index (χ2n) is 6.85. The van der Waals surface area contributed by atoms with Crippen molar-refractivity contribution in [1.82, 2.24) is 14.7 Å². The molecule has 0 unspecified atom stereocenters. The van der Waals surface area contributed by atoms with Crippen molar-refractivity contribution in [2.75, 3.05) is 19.7 Å². The van der Waals surface area contributed by atoms with Crippen LogP contribution in [0.1, 0.15) is 42.0 Å². The van der Waals surface area contributed by atoms with E-state index in [1.165, 1.54) is 16.8 Å². The lowest BCUT2D eigenvalue weighted by Gasteiger charge is -2.32. The number of hydrogen-bond acceptors (Lipinski definition) is 3. The van der Waals surface area contributed by atoms with Gasteiger partial charge in [0.1, 0.15) is 0 Å². The molecule has 0 bridgehead atoms.